The molecule has 2 saturated heterocycles. The highest BCUT2D eigenvalue weighted by molar-refractivity contribution is 5.90. The van der Waals surface area contributed by atoms with Crippen molar-refractivity contribution in [1.29, 1.82) is 0 Å². The number of rotatable bonds is 7. The summed E-state index contributed by atoms with van der Waals surface area (Å²) >= 11 is 0. The molecule has 4 N–H and O–H groups in total. The molecule has 0 aromatic heterocycles. The lowest BCUT2D eigenvalue weighted by Crippen LogP contribution is -2.65. The lowest BCUT2D eigenvalue weighted by atomic mass is 9.62. The van der Waals surface area contributed by atoms with E-state index in [2.05, 4.69) is 0 Å². The lowest BCUT2D eigenvalue weighted by Gasteiger charge is -2.54. The zero-order valence-electron chi connectivity index (χ0n) is 24.0. The average molecular weight is 595 g/mol. The van der Waals surface area contributed by atoms with Crippen LogP contribution >= 0.6 is 0 Å². The van der Waals surface area contributed by atoms with Crippen molar-refractivity contribution in [1.82, 2.24) is 0 Å². The number of carbonyl (C=O) groups excluding carboxylic acids is 4. The molecule has 4 aliphatic rings. The van der Waals surface area contributed by atoms with E-state index in [9.17, 15) is 39.6 Å². The number of allylic oxidation sites excluding steroid dienone is 3. The number of ether oxygens (including phenoxy) is 5. The van der Waals surface area contributed by atoms with E-state index in [-0.39, 0.29) is 24.8 Å². The number of aliphatic hydroxyl groups is 4. The van der Waals surface area contributed by atoms with Gasteiger partial charge in [-0.15, -0.1) is 0 Å². The number of cyclic esters (lactones) is 1. The maximum Gasteiger partial charge on any atom is 0.336 e. The molecule has 3 fully saturated rings. The Balaban J connectivity index is 1.56. The molecule has 13 nitrogen and oxygen atoms in total. The molecule has 232 valence electrons. The topological polar surface area (TPSA) is 195 Å². The van der Waals surface area contributed by atoms with E-state index < -0.39 is 83.7 Å². The van der Waals surface area contributed by atoms with Crippen LogP contribution in [-0.4, -0.2) is 99.9 Å². The van der Waals surface area contributed by atoms with Crippen molar-refractivity contribution in [3.8, 4) is 0 Å². The molecule has 4 rings (SSSR count). The largest absolute Gasteiger partial charge is 0.466 e. The molecule has 9 atom stereocenters. The van der Waals surface area contributed by atoms with Crippen molar-refractivity contribution in [2.75, 3.05) is 13.7 Å². The van der Waals surface area contributed by atoms with Gasteiger partial charge in [0.2, 0.25) is 6.29 Å². The summed E-state index contributed by atoms with van der Waals surface area (Å²) in [5.74, 6) is -2.97. The summed E-state index contributed by atoms with van der Waals surface area (Å²) in [5.41, 5.74) is -3.17. The average Bonchev–Trinajstić information content (AvgIpc) is 3.09. The number of hydrogen-bond donors (Lipinski definition) is 4. The zero-order valence-corrected chi connectivity index (χ0v) is 24.0. The van der Waals surface area contributed by atoms with Gasteiger partial charge in [-0.05, 0) is 52.0 Å². The van der Waals surface area contributed by atoms with Gasteiger partial charge in [0, 0.05) is 24.0 Å². The van der Waals surface area contributed by atoms with Gasteiger partial charge in [-0.1, -0.05) is 18.2 Å². The highest BCUT2D eigenvalue weighted by Crippen LogP contribution is 2.65. The molecule has 0 aromatic carbocycles. The van der Waals surface area contributed by atoms with Gasteiger partial charge in [0.25, 0.3) is 0 Å². The molecule has 1 saturated carbocycles. The zero-order chi connectivity index (χ0) is 31.0. The molecule has 2 heterocycles. The number of hydrogen-bond acceptors (Lipinski definition) is 13. The van der Waals surface area contributed by atoms with Gasteiger partial charge in [-0.3, -0.25) is 9.59 Å². The Bertz CT molecular complexity index is 1200. The Morgan fingerprint density at radius 2 is 1.83 bits per heavy atom. The predicted molar refractivity (Wildman–Crippen MR) is 141 cm³/mol. The Kier molecular flexibility index (Phi) is 9.00. The summed E-state index contributed by atoms with van der Waals surface area (Å²) in [4.78, 5) is 51.1. The molecule has 0 spiro atoms. The van der Waals surface area contributed by atoms with Crippen LogP contribution < -0.4 is 0 Å². The summed E-state index contributed by atoms with van der Waals surface area (Å²) in [5, 5.41) is 39.3. The Labute approximate surface area is 242 Å². The smallest absolute Gasteiger partial charge is 0.336 e. The second-order valence-corrected chi connectivity index (χ2v) is 11.5. The SMILES string of the molecule is COC(=O)C1=CCC23CCC(C(C)(C=CC=C(C)C(=O)OC4OC(CO)C(O)C(O)C4O)OC2=O)C3(OC(C)=O)CC1. The standard InChI is InChI=1S/C29H38O13/c1-15(23(35)40-25-22(34)21(33)20(32)18(14-30)39-25)6-5-10-27(3)19-9-12-28(26(37)42-27)11-7-17(24(36)38-4)8-13-29(19,28)41-16(2)31/h5-7,10,18-22,25,30,32-34H,8-9,11-14H2,1-4H3. The van der Waals surface area contributed by atoms with E-state index in [4.69, 9.17) is 23.7 Å². The first-order valence-corrected chi connectivity index (χ1v) is 13.8. The minimum absolute atomic E-state index is 0.0609. The van der Waals surface area contributed by atoms with Gasteiger partial charge in [0.15, 0.2) is 0 Å². The first kappa shape index (κ1) is 31.8. The van der Waals surface area contributed by atoms with Gasteiger partial charge in [-0.2, -0.15) is 0 Å². The van der Waals surface area contributed by atoms with Crippen LogP contribution in [0, 0.1) is 11.3 Å². The Hall–Kier alpha value is -3.10. The van der Waals surface area contributed by atoms with Crippen LogP contribution in [0.2, 0.25) is 0 Å². The molecule has 2 aliphatic carbocycles. The molecule has 2 bridgehead atoms. The normalized spacial score (nSPS) is 40.0. The van der Waals surface area contributed by atoms with Crippen LogP contribution in [0.5, 0.6) is 0 Å². The molecular formula is C29H38O13. The van der Waals surface area contributed by atoms with Gasteiger partial charge >= 0.3 is 23.9 Å². The van der Waals surface area contributed by atoms with Crippen molar-refractivity contribution in [3.63, 3.8) is 0 Å². The number of methoxy groups -OCH3 is 1. The molecule has 0 aromatic rings. The third-order valence-corrected chi connectivity index (χ3v) is 9.03. The van der Waals surface area contributed by atoms with Gasteiger partial charge < -0.3 is 44.1 Å². The number of carbonyl (C=O) groups is 4. The predicted octanol–water partition coefficient (Wildman–Crippen LogP) is 0.129. The quantitative estimate of drug-likeness (QED) is 0.135. The first-order valence-electron chi connectivity index (χ1n) is 13.8. The first-order chi connectivity index (χ1) is 19.7. The molecule has 9 unspecified atom stereocenters. The third kappa shape index (κ3) is 5.28. The van der Waals surface area contributed by atoms with Crippen LogP contribution in [-0.2, 0) is 42.9 Å². The fourth-order valence-electron chi connectivity index (χ4n) is 6.81. The molecule has 42 heavy (non-hydrogen) atoms. The van der Waals surface area contributed by atoms with E-state index in [1.807, 2.05) is 0 Å². The lowest BCUT2D eigenvalue weighted by molar-refractivity contribution is -0.291. The summed E-state index contributed by atoms with van der Waals surface area (Å²) in [6.45, 7) is 3.73. The van der Waals surface area contributed by atoms with Crippen molar-refractivity contribution < 1.29 is 63.3 Å². The monoisotopic (exact) mass is 594 g/mol. The van der Waals surface area contributed by atoms with E-state index >= 15 is 0 Å². The van der Waals surface area contributed by atoms with Crippen molar-refractivity contribution in [3.05, 3.63) is 35.5 Å². The highest BCUT2D eigenvalue weighted by atomic mass is 16.7. The van der Waals surface area contributed by atoms with E-state index in [1.54, 1.807) is 19.1 Å². The van der Waals surface area contributed by atoms with Crippen LogP contribution in [0.1, 0.15) is 52.9 Å². The molecule has 0 amide bonds. The third-order valence-electron chi connectivity index (χ3n) is 9.03. The van der Waals surface area contributed by atoms with E-state index in [0.717, 1.165) is 0 Å². The number of esters is 4. The maximum atomic E-state index is 13.7. The molecule has 0 radical (unpaired) electrons. The highest BCUT2D eigenvalue weighted by Gasteiger charge is 2.74. The summed E-state index contributed by atoms with van der Waals surface area (Å²) in [6, 6.07) is 0. The van der Waals surface area contributed by atoms with Crippen molar-refractivity contribution in [2.24, 2.45) is 11.3 Å². The van der Waals surface area contributed by atoms with Crippen molar-refractivity contribution >= 4 is 23.9 Å². The minimum atomic E-state index is -1.75. The van der Waals surface area contributed by atoms with E-state index in [1.165, 1.54) is 33.1 Å². The molecule has 2 aliphatic heterocycles. The Morgan fingerprint density at radius 3 is 2.48 bits per heavy atom. The second kappa shape index (κ2) is 11.9. The molecular weight excluding hydrogens is 556 g/mol. The van der Waals surface area contributed by atoms with Crippen LogP contribution in [0.4, 0.5) is 0 Å². The van der Waals surface area contributed by atoms with Crippen LogP contribution in [0.3, 0.4) is 0 Å². The Morgan fingerprint density at radius 1 is 1.12 bits per heavy atom. The molecule has 13 heteroatoms. The summed E-state index contributed by atoms with van der Waals surface area (Å²) in [6.07, 6.45) is -0.247. The van der Waals surface area contributed by atoms with Crippen molar-refractivity contribution in [2.45, 2.75) is 94.8 Å². The van der Waals surface area contributed by atoms with Gasteiger partial charge in [0.1, 0.15) is 41.0 Å². The minimum Gasteiger partial charge on any atom is -0.466 e. The van der Waals surface area contributed by atoms with Crippen LogP contribution in [0.25, 0.3) is 0 Å². The van der Waals surface area contributed by atoms with E-state index in [0.29, 0.717) is 18.4 Å². The number of aliphatic hydroxyl groups excluding tert-OH is 4. The van der Waals surface area contributed by atoms with Gasteiger partial charge in [0.05, 0.1) is 13.7 Å². The fraction of sp³-hybridized carbons (Fsp3) is 0.655. The van der Waals surface area contributed by atoms with Crippen LogP contribution in [0.15, 0.2) is 35.5 Å². The maximum absolute atomic E-state index is 13.7. The summed E-state index contributed by atoms with van der Waals surface area (Å²) in [7, 11) is 1.28. The van der Waals surface area contributed by atoms with Gasteiger partial charge in [-0.25, -0.2) is 9.59 Å². The second-order valence-electron chi connectivity index (χ2n) is 11.5. The summed E-state index contributed by atoms with van der Waals surface area (Å²) < 4.78 is 27.3. The fourth-order valence-corrected chi connectivity index (χ4v) is 6.81.